The van der Waals surface area contributed by atoms with Crippen LogP contribution in [-0.4, -0.2) is 65.3 Å². The Balaban J connectivity index is 1.49. The van der Waals surface area contributed by atoms with Crippen LogP contribution >= 0.6 is 11.6 Å². The third kappa shape index (κ3) is 5.24. The van der Waals surface area contributed by atoms with Gasteiger partial charge in [-0.05, 0) is 24.6 Å². The van der Waals surface area contributed by atoms with Crippen LogP contribution in [0.1, 0.15) is 34.5 Å². The number of morpholine rings is 1. The summed E-state index contributed by atoms with van der Waals surface area (Å²) in [5.74, 6) is -0.663. The molecule has 0 bridgehead atoms. The van der Waals surface area contributed by atoms with Crippen LogP contribution in [0.15, 0.2) is 24.5 Å². The van der Waals surface area contributed by atoms with Gasteiger partial charge in [-0.1, -0.05) is 11.6 Å². The molecule has 4 heterocycles. The molecule has 0 saturated carbocycles. The number of carbonyl (C=O) groups is 2. The van der Waals surface area contributed by atoms with Gasteiger partial charge in [-0.2, -0.15) is 13.2 Å². The number of carbonyl (C=O) groups excluding carboxylic acids is 2. The maximum absolute atomic E-state index is 13.1. The molecule has 0 spiro atoms. The molecule has 2 atom stereocenters. The molecule has 13 heteroatoms. The van der Waals surface area contributed by atoms with E-state index in [9.17, 15) is 22.8 Å². The number of ether oxygens (including phenoxy) is 2. The zero-order chi connectivity index (χ0) is 24.5. The fourth-order valence-electron chi connectivity index (χ4n) is 3.71. The Morgan fingerprint density at radius 1 is 1.44 bits per heavy atom. The lowest BCUT2D eigenvalue weighted by atomic mass is 10.1. The van der Waals surface area contributed by atoms with Crippen molar-refractivity contribution < 1.29 is 32.2 Å². The number of alkyl halides is 3. The standard InChI is InChI=1S/C21H21ClF3N5O4/c1-11(12-6-15(22)19(28-7-12)34-10-21(23,24)25)30-8-14-13(20(30)32)2-3-27-17(14)29-18(31)16-9-33-5-4-26-16/h2-3,6-7,11,16,26H,4-5,8-10H2,1H3,(H,27,29,31). The van der Waals surface area contributed by atoms with Crippen molar-refractivity contribution in [1.82, 2.24) is 20.2 Å². The van der Waals surface area contributed by atoms with Gasteiger partial charge in [0.25, 0.3) is 5.91 Å². The molecule has 2 aromatic rings. The van der Waals surface area contributed by atoms with Crippen LogP contribution in [0.25, 0.3) is 0 Å². The van der Waals surface area contributed by atoms with Crippen molar-refractivity contribution in [3.05, 3.63) is 46.2 Å². The van der Waals surface area contributed by atoms with Crippen molar-refractivity contribution in [3.63, 3.8) is 0 Å². The summed E-state index contributed by atoms with van der Waals surface area (Å²) in [5.41, 5.74) is 1.47. The van der Waals surface area contributed by atoms with Gasteiger partial charge in [-0.25, -0.2) is 9.97 Å². The van der Waals surface area contributed by atoms with Crippen molar-refractivity contribution in [3.8, 4) is 5.88 Å². The first-order valence-electron chi connectivity index (χ1n) is 10.4. The average molecular weight is 500 g/mol. The van der Waals surface area contributed by atoms with Gasteiger partial charge in [0, 0.05) is 30.1 Å². The molecular weight excluding hydrogens is 479 g/mol. The van der Waals surface area contributed by atoms with Gasteiger partial charge in [0.05, 0.1) is 25.8 Å². The molecule has 1 saturated heterocycles. The first kappa shape index (κ1) is 24.2. The Labute approximate surface area is 197 Å². The minimum atomic E-state index is -4.52. The summed E-state index contributed by atoms with van der Waals surface area (Å²) in [6.07, 6.45) is -1.77. The Hall–Kier alpha value is -2.96. The molecule has 2 amide bonds. The summed E-state index contributed by atoms with van der Waals surface area (Å²) in [6.45, 7) is 1.70. The van der Waals surface area contributed by atoms with E-state index in [2.05, 4.69) is 25.3 Å². The largest absolute Gasteiger partial charge is 0.467 e. The number of pyridine rings is 2. The summed E-state index contributed by atoms with van der Waals surface area (Å²) in [5, 5.41) is 5.72. The van der Waals surface area contributed by atoms with Crippen molar-refractivity contribution in [2.45, 2.75) is 31.7 Å². The fraction of sp³-hybridized carbons (Fsp3) is 0.429. The van der Waals surface area contributed by atoms with Gasteiger partial charge < -0.3 is 25.0 Å². The molecule has 2 aliphatic rings. The van der Waals surface area contributed by atoms with Crippen LogP contribution in [-0.2, 0) is 16.1 Å². The number of halogens is 4. The molecule has 0 aliphatic carbocycles. The monoisotopic (exact) mass is 499 g/mol. The van der Waals surface area contributed by atoms with Crippen LogP contribution in [0.2, 0.25) is 5.02 Å². The summed E-state index contributed by atoms with van der Waals surface area (Å²) in [7, 11) is 0. The van der Waals surface area contributed by atoms with Crippen LogP contribution in [0.5, 0.6) is 5.88 Å². The minimum absolute atomic E-state index is 0.102. The number of nitrogens with zero attached hydrogens (tertiary/aromatic N) is 3. The minimum Gasteiger partial charge on any atom is -0.467 e. The molecule has 2 aromatic heterocycles. The van der Waals surface area contributed by atoms with Crippen molar-refractivity contribution in [1.29, 1.82) is 0 Å². The number of nitrogens with one attached hydrogen (secondary N) is 2. The predicted octanol–water partition coefficient (Wildman–Crippen LogP) is 2.72. The first-order valence-corrected chi connectivity index (χ1v) is 10.8. The Kier molecular flexibility index (Phi) is 6.91. The van der Waals surface area contributed by atoms with Gasteiger partial charge in [0.15, 0.2) is 6.61 Å². The summed E-state index contributed by atoms with van der Waals surface area (Å²) in [6, 6.07) is 1.95. The molecule has 34 heavy (non-hydrogen) atoms. The molecule has 0 aromatic carbocycles. The van der Waals surface area contributed by atoms with Crippen molar-refractivity contribution >= 4 is 29.2 Å². The molecule has 2 N–H and O–H groups in total. The lowest BCUT2D eigenvalue weighted by Gasteiger charge is -2.25. The Morgan fingerprint density at radius 2 is 2.24 bits per heavy atom. The van der Waals surface area contributed by atoms with E-state index in [1.807, 2.05) is 0 Å². The highest BCUT2D eigenvalue weighted by atomic mass is 35.5. The SMILES string of the molecule is CC(c1cnc(OCC(F)(F)F)c(Cl)c1)N1Cc2c(ccnc2NC(=O)C2COCCN2)C1=O. The molecule has 1 fully saturated rings. The van der Waals surface area contributed by atoms with E-state index in [4.69, 9.17) is 16.3 Å². The highest BCUT2D eigenvalue weighted by Crippen LogP contribution is 2.35. The summed E-state index contributed by atoms with van der Waals surface area (Å²) >= 11 is 6.06. The van der Waals surface area contributed by atoms with Gasteiger partial charge in [-0.15, -0.1) is 0 Å². The van der Waals surface area contributed by atoms with E-state index in [-0.39, 0.29) is 41.7 Å². The predicted molar refractivity (Wildman–Crippen MR) is 115 cm³/mol. The number of hydrogen-bond donors (Lipinski definition) is 2. The number of amides is 2. The van der Waals surface area contributed by atoms with E-state index >= 15 is 0 Å². The number of fused-ring (bicyclic) bond motifs is 1. The third-order valence-corrected chi connectivity index (χ3v) is 5.78. The number of aromatic nitrogens is 2. The van der Waals surface area contributed by atoms with Gasteiger partial charge >= 0.3 is 6.18 Å². The second-order valence-corrected chi connectivity index (χ2v) is 8.23. The second-order valence-electron chi connectivity index (χ2n) is 7.83. The molecular formula is C21H21ClF3N5O4. The number of hydrogen-bond acceptors (Lipinski definition) is 7. The number of rotatable bonds is 6. The zero-order valence-electron chi connectivity index (χ0n) is 18.0. The van der Waals surface area contributed by atoms with Crippen molar-refractivity contribution in [2.24, 2.45) is 0 Å². The van der Waals surface area contributed by atoms with E-state index < -0.39 is 24.9 Å². The van der Waals surface area contributed by atoms with Gasteiger partial charge in [-0.3, -0.25) is 9.59 Å². The number of anilines is 1. The van der Waals surface area contributed by atoms with Crippen molar-refractivity contribution in [2.75, 3.05) is 31.7 Å². The molecule has 4 rings (SSSR count). The van der Waals surface area contributed by atoms with E-state index in [0.717, 1.165) is 0 Å². The van der Waals surface area contributed by atoms with Crippen LogP contribution in [0.3, 0.4) is 0 Å². The fourth-order valence-corrected chi connectivity index (χ4v) is 3.94. The van der Waals surface area contributed by atoms with Gasteiger partial charge in [0.2, 0.25) is 11.8 Å². The van der Waals surface area contributed by atoms with E-state index in [1.165, 1.54) is 23.4 Å². The second kappa shape index (κ2) is 9.72. The van der Waals surface area contributed by atoms with E-state index in [0.29, 0.717) is 29.8 Å². The lowest BCUT2D eigenvalue weighted by Crippen LogP contribution is -2.49. The first-order chi connectivity index (χ1) is 16.1. The zero-order valence-corrected chi connectivity index (χ0v) is 18.7. The smallest absolute Gasteiger partial charge is 0.422 e. The summed E-state index contributed by atoms with van der Waals surface area (Å²) < 4.78 is 47.1. The van der Waals surface area contributed by atoms with Crippen LogP contribution in [0.4, 0.5) is 19.0 Å². The maximum Gasteiger partial charge on any atom is 0.422 e. The maximum atomic E-state index is 13.1. The molecule has 0 radical (unpaired) electrons. The Bertz CT molecular complexity index is 1090. The molecule has 2 unspecified atom stereocenters. The lowest BCUT2D eigenvalue weighted by molar-refractivity contribution is -0.154. The highest BCUT2D eigenvalue weighted by Gasteiger charge is 2.35. The van der Waals surface area contributed by atoms with Crippen LogP contribution < -0.4 is 15.4 Å². The Morgan fingerprint density at radius 3 is 2.91 bits per heavy atom. The highest BCUT2D eigenvalue weighted by molar-refractivity contribution is 6.31. The van der Waals surface area contributed by atoms with Gasteiger partial charge in [0.1, 0.15) is 16.9 Å². The van der Waals surface area contributed by atoms with E-state index in [1.54, 1.807) is 13.0 Å². The van der Waals surface area contributed by atoms with Crippen LogP contribution in [0, 0.1) is 0 Å². The summed E-state index contributed by atoms with van der Waals surface area (Å²) in [4.78, 5) is 35.3. The molecule has 2 aliphatic heterocycles. The third-order valence-electron chi connectivity index (χ3n) is 5.51. The molecule has 9 nitrogen and oxygen atoms in total. The normalized spacial score (nSPS) is 19.0. The quantitative estimate of drug-likeness (QED) is 0.629. The topological polar surface area (TPSA) is 106 Å². The molecule has 182 valence electrons. The average Bonchev–Trinajstić information content (AvgIpc) is 3.15.